The SMILES string of the molecule is C[C@H]1C[C@@H](C(=O)N(C)CCCOc2cccc(S(C)(=O)=O)c2)CCN1. The van der Waals surface area contributed by atoms with Gasteiger partial charge in [-0.05, 0) is 50.9 Å². The van der Waals surface area contributed by atoms with Crippen LogP contribution in [0, 0.1) is 5.92 Å². The Morgan fingerprint density at radius 2 is 2.16 bits per heavy atom. The molecule has 0 spiro atoms. The van der Waals surface area contributed by atoms with Crippen LogP contribution in [-0.4, -0.2) is 58.3 Å². The second-order valence-corrected chi connectivity index (χ2v) is 8.80. The Hall–Kier alpha value is -1.60. The highest BCUT2D eigenvalue weighted by molar-refractivity contribution is 7.90. The molecule has 1 amide bonds. The van der Waals surface area contributed by atoms with Crippen molar-refractivity contribution >= 4 is 15.7 Å². The molecule has 7 heteroatoms. The van der Waals surface area contributed by atoms with Gasteiger partial charge in [0.05, 0.1) is 11.5 Å². The lowest BCUT2D eigenvalue weighted by Gasteiger charge is -2.30. The van der Waals surface area contributed by atoms with Crippen molar-refractivity contribution in [3.8, 4) is 5.75 Å². The molecule has 1 aliphatic heterocycles. The van der Waals surface area contributed by atoms with E-state index in [0.717, 1.165) is 19.4 Å². The maximum atomic E-state index is 12.5. The number of ether oxygens (including phenoxy) is 1. The Morgan fingerprint density at radius 1 is 1.40 bits per heavy atom. The zero-order chi connectivity index (χ0) is 18.4. The van der Waals surface area contributed by atoms with Crippen LogP contribution >= 0.6 is 0 Å². The van der Waals surface area contributed by atoms with Crippen LogP contribution in [0.2, 0.25) is 0 Å². The molecule has 6 nitrogen and oxygen atoms in total. The predicted octanol–water partition coefficient (Wildman–Crippen LogP) is 1.71. The van der Waals surface area contributed by atoms with E-state index < -0.39 is 9.84 Å². The standard InChI is InChI=1S/C18H28N2O4S/c1-14-12-15(8-9-19-14)18(21)20(2)10-5-11-24-16-6-4-7-17(13-16)25(3,22)23/h4,6-7,13-15,19H,5,8-12H2,1-3H3/t14-,15-/m0/s1. The zero-order valence-corrected chi connectivity index (χ0v) is 16.0. The molecular formula is C18H28N2O4S. The number of sulfone groups is 1. The van der Waals surface area contributed by atoms with Gasteiger partial charge in [0.1, 0.15) is 5.75 Å². The Balaban J connectivity index is 1.76. The first-order chi connectivity index (χ1) is 11.8. The molecule has 0 aromatic heterocycles. The summed E-state index contributed by atoms with van der Waals surface area (Å²) in [5.74, 6) is 0.838. The van der Waals surface area contributed by atoms with E-state index in [2.05, 4.69) is 12.2 Å². The summed E-state index contributed by atoms with van der Waals surface area (Å²) in [5.41, 5.74) is 0. The number of nitrogens with one attached hydrogen (secondary N) is 1. The Kier molecular flexibility index (Phi) is 6.84. The molecule has 1 fully saturated rings. The van der Waals surface area contributed by atoms with E-state index in [4.69, 9.17) is 4.74 Å². The van der Waals surface area contributed by atoms with Crippen molar-refractivity contribution in [1.29, 1.82) is 0 Å². The van der Waals surface area contributed by atoms with Crippen LogP contribution in [0.4, 0.5) is 0 Å². The van der Waals surface area contributed by atoms with E-state index in [1.807, 2.05) is 7.05 Å². The molecule has 1 aromatic rings. The van der Waals surface area contributed by atoms with Crippen molar-refractivity contribution in [2.45, 2.75) is 37.1 Å². The molecule has 0 bridgehead atoms. The Bertz CT molecular complexity index is 690. The number of amides is 1. The van der Waals surface area contributed by atoms with Gasteiger partial charge in [0.2, 0.25) is 5.91 Å². The maximum absolute atomic E-state index is 12.5. The number of rotatable bonds is 7. The third-order valence-electron chi connectivity index (χ3n) is 4.49. The second kappa shape index (κ2) is 8.67. The highest BCUT2D eigenvalue weighted by Gasteiger charge is 2.26. The third kappa shape index (κ3) is 6.01. The highest BCUT2D eigenvalue weighted by Crippen LogP contribution is 2.19. The van der Waals surface area contributed by atoms with E-state index in [1.54, 1.807) is 23.1 Å². The number of nitrogens with zero attached hydrogens (tertiary/aromatic N) is 1. The summed E-state index contributed by atoms with van der Waals surface area (Å²) < 4.78 is 28.7. The largest absolute Gasteiger partial charge is 0.493 e. The minimum absolute atomic E-state index is 0.105. The van der Waals surface area contributed by atoms with Gasteiger partial charge in [-0.2, -0.15) is 0 Å². The second-order valence-electron chi connectivity index (χ2n) is 6.79. The first-order valence-electron chi connectivity index (χ1n) is 8.68. The van der Waals surface area contributed by atoms with Gasteiger partial charge in [0.25, 0.3) is 0 Å². The summed E-state index contributed by atoms with van der Waals surface area (Å²) >= 11 is 0. The fourth-order valence-corrected chi connectivity index (χ4v) is 3.72. The van der Waals surface area contributed by atoms with Gasteiger partial charge in [0.15, 0.2) is 9.84 Å². The van der Waals surface area contributed by atoms with E-state index in [1.165, 1.54) is 12.3 Å². The lowest BCUT2D eigenvalue weighted by molar-refractivity contribution is -0.135. The van der Waals surface area contributed by atoms with Crippen LogP contribution in [0.15, 0.2) is 29.2 Å². The molecule has 0 aliphatic carbocycles. The lowest BCUT2D eigenvalue weighted by Crippen LogP contribution is -2.43. The van der Waals surface area contributed by atoms with Crippen LogP contribution in [-0.2, 0) is 14.6 Å². The predicted molar refractivity (Wildman–Crippen MR) is 97.5 cm³/mol. The summed E-state index contributed by atoms with van der Waals surface area (Å²) in [6.07, 6.45) is 3.65. The van der Waals surface area contributed by atoms with Crippen LogP contribution in [0.3, 0.4) is 0 Å². The normalized spacial score (nSPS) is 20.9. The van der Waals surface area contributed by atoms with Crippen molar-refractivity contribution in [3.05, 3.63) is 24.3 Å². The number of carbonyl (C=O) groups is 1. The number of piperidine rings is 1. The van der Waals surface area contributed by atoms with Gasteiger partial charge >= 0.3 is 0 Å². The zero-order valence-electron chi connectivity index (χ0n) is 15.2. The van der Waals surface area contributed by atoms with Crippen molar-refractivity contribution < 1.29 is 17.9 Å². The Morgan fingerprint density at radius 3 is 2.84 bits per heavy atom. The summed E-state index contributed by atoms with van der Waals surface area (Å²) in [5, 5.41) is 3.36. The molecule has 0 radical (unpaired) electrons. The van der Waals surface area contributed by atoms with Gasteiger partial charge < -0.3 is 15.0 Å². The van der Waals surface area contributed by atoms with Gasteiger partial charge in [-0.3, -0.25) is 4.79 Å². The van der Waals surface area contributed by atoms with Crippen molar-refractivity contribution in [2.75, 3.05) is 33.0 Å². The van der Waals surface area contributed by atoms with Gasteiger partial charge in [-0.1, -0.05) is 6.07 Å². The van der Waals surface area contributed by atoms with Gasteiger partial charge in [-0.25, -0.2) is 8.42 Å². The molecule has 1 N–H and O–H groups in total. The molecule has 0 unspecified atom stereocenters. The molecule has 1 saturated heterocycles. The first-order valence-corrected chi connectivity index (χ1v) is 10.6. The molecule has 140 valence electrons. The topological polar surface area (TPSA) is 75.7 Å². The fourth-order valence-electron chi connectivity index (χ4n) is 3.06. The average Bonchev–Trinajstić information content (AvgIpc) is 2.57. The minimum atomic E-state index is -3.24. The van der Waals surface area contributed by atoms with E-state index in [-0.39, 0.29) is 16.7 Å². The molecule has 1 aliphatic rings. The molecule has 1 heterocycles. The number of benzene rings is 1. The van der Waals surface area contributed by atoms with Gasteiger partial charge in [0, 0.05) is 31.8 Å². The lowest BCUT2D eigenvalue weighted by atomic mass is 9.92. The summed E-state index contributed by atoms with van der Waals surface area (Å²) in [6.45, 7) is 4.07. The molecule has 2 rings (SSSR count). The van der Waals surface area contributed by atoms with Crippen molar-refractivity contribution in [1.82, 2.24) is 10.2 Å². The van der Waals surface area contributed by atoms with Crippen LogP contribution < -0.4 is 10.1 Å². The quantitative estimate of drug-likeness (QED) is 0.742. The number of carbonyl (C=O) groups excluding carboxylic acids is 1. The van der Waals surface area contributed by atoms with E-state index in [0.29, 0.717) is 31.4 Å². The highest BCUT2D eigenvalue weighted by atomic mass is 32.2. The average molecular weight is 368 g/mol. The van der Waals surface area contributed by atoms with E-state index >= 15 is 0 Å². The fraction of sp³-hybridized carbons (Fsp3) is 0.611. The van der Waals surface area contributed by atoms with Crippen molar-refractivity contribution in [2.24, 2.45) is 5.92 Å². The summed E-state index contributed by atoms with van der Waals surface area (Å²) in [6, 6.07) is 6.87. The molecule has 1 aromatic carbocycles. The minimum Gasteiger partial charge on any atom is -0.493 e. The van der Waals surface area contributed by atoms with Crippen LogP contribution in [0.1, 0.15) is 26.2 Å². The monoisotopic (exact) mass is 368 g/mol. The molecule has 0 saturated carbocycles. The number of hydrogen-bond acceptors (Lipinski definition) is 5. The third-order valence-corrected chi connectivity index (χ3v) is 5.60. The van der Waals surface area contributed by atoms with Crippen LogP contribution in [0.25, 0.3) is 0 Å². The molecule has 2 atom stereocenters. The first kappa shape index (κ1) is 19.7. The Labute approximate surface area is 150 Å². The molecular weight excluding hydrogens is 340 g/mol. The molecule has 25 heavy (non-hydrogen) atoms. The van der Waals surface area contributed by atoms with Crippen LogP contribution in [0.5, 0.6) is 5.75 Å². The van der Waals surface area contributed by atoms with Crippen molar-refractivity contribution in [3.63, 3.8) is 0 Å². The summed E-state index contributed by atoms with van der Waals surface area (Å²) in [7, 11) is -1.40. The maximum Gasteiger partial charge on any atom is 0.225 e. The van der Waals surface area contributed by atoms with E-state index in [9.17, 15) is 13.2 Å². The van der Waals surface area contributed by atoms with Gasteiger partial charge in [-0.15, -0.1) is 0 Å². The smallest absolute Gasteiger partial charge is 0.225 e. The summed E-state index contributed by atoms with van der Waals surface area (Å²) in [4.78, 5) is 14.5. The number of hydrogen-bond donors (Lipinski definition) is 1.